The van der Waals surface area contributed by atoms with E-state index < -0.39 is 0 Å². The van der Waals surface area contributed by atoms with Crippen LogP contribution in [0.5, 0.6) is 0 Å². The van der Waals surface area contributed by atoms with Gasteiger partial charge in [-0.25, -0.2) is 0 Å². The van der Waals surface area contributed by atoms with Crippen molar-refractivity contribution >= 4 is 11.6 Å². The Hall–Kier alpha value is -1.55. The van der Waals surface area contributed by atoms with Gasteiger partial charge in [0.15, 0.2) is 0 Å². The molecule has 120 valence electrons. The minimum atomic E-state index is 0.0929. The van der Waals surface area contributed by atoms with Gasteiger partial charge in [0, 0.05) is 25.3 Å². The summed E-state index contributed by atoms with van der Waals surface area (Å²) in [5.41, 5.74) is 1.85. The molecule has 0 aromatic heterocycles. The molecule has 1 N–H and O–H groups in total. The average Bonchev–Trinajstić information content (AvgIpc) is 2.54. The van der Waals surface area contributed by atoms with Crippen LogP contribution >= 0.6 is 0 Å². The lowest BCUT2D eigenvalue weighted by molar-refractivity contribution is -0.169. The lowest BCUT2D eigenvalue weighted by Crippen LogP contribution is -2.53. The molecule has 4 heteroatoms. The highest BCUT2D eigenvalue weighted by molar-refractivity contribution is 5.99. The maximum atomic E-state index is 12.8. The van der Waals surface area contributed by atoms with Crippen molar-refractivity contribution in [2.24, 2.45) is 0 Å². The second-order valence-corrected chi connectivity index (χ2v) is 6.40. The van der Waals surface area contributed by atoms with Gasteiger partial charge in [-0.2, -0.15) is 0 Å². The Bertz CT molecular complexity index is 516. The number of carbonyl (C=O) groups excluding carboxylic acids is 1. The maximum Gasteiger partial charge on any atom is 0.255 e. The highest BCUT2D eigenvalue weighted by Gasteiger charge is 2.42. The molecular weight excluding hydrogens is 276 g/mol. The Morgan fingerprint density at radius 1 is 1.27 bits per heavy atom. The number of anilines is 1. The van der Waals surface area contributed by atoms with E-state index in [4.69, 9.17) is 4.74 Å². The zero-order valence-corrected chi connectivity index (χ0v) is 13.4. The number of nitrogens with zero attached hydrogens (tertiary/aromatic N) is 1. The fourth-order valence-corrected chi connectivity index (χ4v) is 3.30. The molecule has 1 amide bonds. The van der Waals surface area contributed by atoms with Gasteiger partial charge in [-0.3, -0.25) is 4.79 Å². The minimum absolute atomic E-state index is 0.0929. The van der Waals surface area contributed by atoms with Gasteiger partial charge in [-0.1, -0.05) is 25.5 Å². The number of nitrogens with one attached hydrogen (secondary N) is 1. The van der Waals surface area contributed by atoms with E-state index in [2.05, 4.69) is 12.2 Å². The van der Waals surface area contributed by atoms with E-state index in [1.165, 1.54) is 0 Å². The zero-order valence-electron chi connectivity index (χ0n) is 13.4. The first kappa shape index (κ1) is 15.3. The first-order chi connectivity index (χ1) is 10.7. The van der Waals surface area contributed by atoms with Gasteiger partial charge >= 0.3 is 0 Å². The van der Waals surface area contributed by atoms with E-state index >= 15 is 0 Å². The topological polar surface area (TPSA) is 41.6 Å². The van der Waals surface area contributed by atoms with Gasteiger partial charge in [0.1, 0.15) is 0 Å². The van der Waals surface area contributed by atoms with Crippen LogP contribution in [0, 0.1) is 0 Å². The highest BCUT2D eigenvalue weighted by Crippen LogP contribution is 2.37. The number of rotatable bonds is 5. The van der Waals surface area contributed by atoms with Crippen molar-refractivity contribution in [3.63, 3.8) is 0 Å². The summed E-state index contributed by atoms with van der Waals surface area (Å²) in [6.07, 6.45) is 5.38. The summed E-state index contributed by atoms with van der Waals surface area (Å²) in [4.78, 5) is 14.8. The number of para-hydroxylation sites is 1. The van der Waals surface area contributed by atoms with Crippen molar-refractivity contribution in [1.29, 1.82) is 0 Å². The average molecular weight is 302 g/mol. The monoisotopic (exact) mass is 302 g/mol. The molecule has 1 aromatic carbocycles. The Morgan fingerprint density at radius 2 is 2.00 bits per heavy atom. The summed E-state index contributed by atoms with van der Waals surface area (Å²) in [6.45, 7) is 5.59. The molecule has 0 atom stereocenters. The Labute approximate surface area is 132 Å². The second kappa shape index (κ2) is 6.69. The predicted molar refractivity (Wildman–Crippen MR) is 88.3 cm³/mol. The summed E-state index contributed by atoms with van der Waals surface area (Å²) >= 11 is 0. The molecule has 1 spiro atoms. The number of amides is 1. The number of carbonyl (C=O) groups is 1. The Kier molecular flexibility index (Phi) is 4.67. The molecule has 2 aliphatic rings. The van der Waals surface area contributed by atoms with Crippen LogP contribution in [0.2, 0.25) is 0 Å². The van der Waals surface area contributed by atoms with Crippen LogP contribution in [-0.2, 0) is 4.74 Å². The highest BCUT2D eigenvalue weighted by atomic mass is 16.5. The van der Waals surface area contributed by atoms with Crippen molar-refractivity contribution in [2.75, 3.05) is 31.6 Å². The van der Waals surface area contributed by atoms with E-state index in [1.54, 1.807) is 0 Å². The van der Waals surface area contributed by atoms with E-state index in [1.807, 2.05) is 29.2 Å². The normalized spacial score (nSPS) is 19.8. The lowest BCUT2D eigenvalue weighted by Gasteiger charge is -2.47. The largest absolute Gasteiger partial charge is 0.384 e. The van der Waals surface area contributed by atoms with Crippen molar-refractivity contribution < 1.29 is 9.53 Å². The third-order valence-corrected chi connectivity index (χ3v) is 4.93. The van der Waals surface area contributed by atoms with Gasteiger partial charge in [0.25, 0.3) is 5.91 Å². The molecule has 0 bridgehead atoms. The molecular formula is C18H26N2O2. The fourth-order valence-electron chi connectivity index (χ4n) is 3.30. The summed E-state index contributed by atoms with van der Waals surface area (Å²) < 4.78 is 5.73. The summed E-state index contributed by atoms with van der Waals surface area (Å²) in [6, 6.07) is 7.86. The molecule has 2 heterocycles. The van der Waals surface area contributed by atoms with Crippen LogP contribution in [0.3, 0.4) is 0 Å². The Morgan fingerprint density at radius 3 is 2.64 bits per heavy atom. The molecule has 2 aliphatic heterocycles. The summed E-state index contributed by atoms with van der Waals surface area (Å²) in [5, 5.41) is 3.40. The van der Waals surface area contributed by atoms with Gasteiger partial charge in [0.2, 0.25) is 0 Å². The van der Waals surface area contributed by atoms with Crippen molar-refractivity contribution in [3.8, 4) is 0 Å². The van der Waals surface area contributed by atoms with Crippen LogP contribution in [0.4, 0.5) is 5.69 Å². The maximum absolute atomic E-state index is 12.8. The predicted octanol–water partition coefficient (Wildman–Crippen LogP) is 3.29. The molecule has 0 aliphatic carbocycles. The molecule has 2 saturated heterocycles. The lowest BCUT2D eigenvalue weighted by atomic mass is 9.84. The number of hydrogen-bond donors (Lipinski definition) is 1. The van der Waals surface area contributed by atoms with Crippen LogP contribution in [0.25, 0.3) is 0 Å². The SMILES string of the molecule is CCCCNc1ccccc1C(=O)N1CCC2(CCO2)CC1. The smallest absolute Gasteiger partial charge is 0.255 e. The first-order valence-corrected chi connectivity index (χ1v) is 8.50. The number of unbranched alkanes of at least 4 members (excludes halogenated alkanes) is 1. The quantitative estimate of drug-likeness (QED) is 0.849. The molecule has 0 saturated carbocycles. The molecule has 0 unspecified atom stereocenters. The molecule has 0 radical (unpaired) electrons. The number of ether oxygens (including phenoxy) is 1. The van der Waals surface area contributed by atoms with Gasteiger partial charge in [0.05, 0.1) is 17.8 Å². The third-order valence-electron chi connectivity index (χ3n) is 4.93. The summed E-state index contributed by atoms with van der Waals surface area (Å²) in [7, 11) is 0. The van der Waals surface area contributed by atoms with Crippen LogP contribution in [0.1, 0.15) is 49.4 Å². The van der Waals surface area contributed by atoms with E-state index in [-0.39, 0.29) is 11.5 Å². The third kappa shape index (κ3) is 3.12. The first-order valence-electron chi connectivity index (χ1n) is 8.50. The Balaban J connectivity index is 1.64. The molecule has 22 heavy (non-hydrogen) atoms. The standard InChI is InChI=1S/C18H26N2O2/c1-2-3-11-19-16-7-5-4-6-15(16)17(21)20-12-8-18(9-13-20)10-14-22-18/h4-7,19H,2-3,8-14H2,1H3. The number of piperidine rings is 1. The van der Waals surface area contributed by atoms with Gasteiger partial charge in [-0.15, -0.1) is 0 Å². The van der Waals surface area contributed by atoms with Gasteiger partial charge in [-0.05, 0) is 37.8 Å². The van der Waals surface area contributed by atoms with Crippen molar-refractivity contribution in [1.82, 2.24) is 4.90 Å². The zero-order chi connectivity index (χ0) is 15.4. The molecule has 2 fully saturated rings. The van der Waals surface area contributed by atoms with E-state index in [9.17, 15) is 4.79 Å². The van der Waals surface area contributed by atoms with Crippen LogP contribution in [-0.4, -0.2) is 42.6 Å². The van der Waals surface area contributed by atoms with E-state index in [0.717, 1.165) is 69.6 Å². The molecule has 3 rings (SSSR count). The number of hydrogen-bond acceptors (Lipinski definition) is 3. The van der Waals surface area contributed by atoms with Crippen LogP contribution < -0.4 is 5.32 Å². The summed E-state index contributed by atoms with van der Waals surface area (Å²) in [5.74, 6) is 0.147. The van der Waals surface area contributed by atoms with Crippen molar-refractivity contribution in [3.05, 3.63) is 29.8 Å². The number of benzene rings is 1. The number of likely N-dealkylation sites (tertiary alicyclic amines) is 1. The van der Waals surface area contributed by atoms with E-state index in [0.29, 0.717) is 0 Å². The van der Waals surface area contributed by atoms with Crippen molar-refractivity contribution in [2.45, 2.75) is 44.6 Å². The second-order valence-electron chi connectivity index (χ2n) is 6.40. The minimum Gasteiger partial charge on any atom is -0.384 e. The molecule has 1 aromatic rings. The van der Waals surface area contributed by atoms with Crippen LogP contribution in [0.15, 0.2) is 24.3 Å². The fraction of sp³-hybridized carbons (Fsp3) is 0.611. The van der Waals surface area contributed by atoms with Gasteiger partial charge < -0.3 is 15.0 Å². The molecule has 4 nitrogen and oxygen atoms in total.